The summed E-state index contributed by atoms with van der Waals surface area (Å²) in [6, 6.07) is 5.98. The average Bonchev–Trinajstić information content (AvgIpc) is 2.90. The van der Waals surface area contributed by atoms with E-state index in [1.165, 1.54) is 46.5 Å². The zero-order valence-corrected chi connectivity index (χ0v) is 23.1. The number of rotatable bonds is 8. The third kappa shape index (κ3) is 5.71. The first kappa shape index (κ1) is 28.4. The van der Waals surface area contributed by atoms with Gasteiger partial charge in [0.05, 0.1) is 33.2 Å². The summed E-state index contributed by atoms with van der Waals surface area (Å²) >= 11 is 5.91. The molecule has 0 saturated carbocycles. The first-order chi connectivity index (χ1) is 19.0. The van der Waals surface area contributed by atoms with Gasteiger partial charge in [0.15, 0.2) is 45.9 Å². The van der Waals surface area contributed by atoms with Crippen LogP contribution in [-0.2, 0) is 9.53 Å². The fraction of sp³-hybridized carbons (Fsp3) is 0.320. The minimum atomic E-state index is -1.08. The number of methoxy groups -OCH3 is 3. The molecule has 2 N–H and O–H groups in total. The molecule has 0 saturated heterocycles. The third-order valence-electron chi connectivity index (χ3n) is 5.53. The van der Waals surface area contributed by atoms with E-state index >= 15 is 0 Å². The van der Waals surface area contributed by atoms with Gasteiger partial charge in [-0.3, -0.25) is 4.79 Å². The van der Waals surface area contributed by atoms with Crippen molar-refractivity contribution in [1.82, 2.24) is 15.0 Å². The monoisotopic (exact) mass is 576 g/mol. The molecule has 0 bridgehead atoms. The molecule has 15 heteroatoms. The molecular weight excluding hydrogens is 551 g/mol. The predicted octanol–water partition coefficient (Wildman–Crippen LogP) is 4.75. The van der Waals surface area contributed by atoms with Gasteiger partial charge in [0.25, 0.3) is 5.91 Å². The van der Waals surface area contributed by atoms with Crippen molar-refractivity contribution < 1.29 is 37.7 Å². The molecule has 212 valence electrons. The number of pyridine rings is 1. The van der Waals surface area contributed by atoms with Gasteiger partial charge in [-0.05, 0) is 32.9 Å². The summed E-state index contributed by atoms with van der Waals surface area (Å²) in [6.45, 7) is 4.67. The van der Waals surface area contributed by atoms with E-state index in [0.29, 0.717) is 5.75 Å². The Balaban J connectivity index is 1.75. The molecule has 1 unspecified atom stereocenters. The van der Waals surface area contributed by atoms with E-state index in [2.05, 4.69) is 25.6 Å². The molecule has 0 fully saturated rings. The number of alkyl halides is 1. The quantitative estimate of drug-likeness (QED) is 0.358. The second-order valence-electron chi connectivity index (χ2n) is 8.75. The van der Waals surface area contributed by atoms with Crippen LogP contribution in [-0.4, -0.2) is 59.4 Å². The maximum Gasteiger partial charge on any atom is 0.422 e. The lowest BCUT2D eigenvalue weighted by molar-refractivity contribution is -0.129. The molecule has 1 aromatic carbocycles. The summed E-state index contributed by atoms with van der Waals surface area (Å²) in [4.78, 5) is 38.8. The highest BCUT2D eigenvalue weighted by Gasteiger charge is 2.36. The fourth-order valence-corrected chi connectivity index (χ4v) is 3.71. The lowest BCUT2D eigenvalue weighted by atomic mass is 10.1. The zero-order valence-electron chi connectivity index (χ0n) is 22.4. The molecule has 0 aliphatic carbocycles. The Labute approximate surface area is 233 Å². The molecule has 0 spiro atoms. The molecule has 1 aliphatic rings. The van der Waals surface area contributed by atoms with Gasteiger partial charge in [-0.1, -0.05) is 11.6 Å². The van der Waals surface area contributed by atoms with Crippen LogP contribution in [0.2, 0.25) is 0 Å². The van der Waals surface area contributed by atoms with E-state index in [-0.39, 0.29) is 46.3 Å². The number of halogens is 2. The number of hydrogen-bond donors (Lipinski definition) is 2. The van der Waals surface area contributed by atoms with E-state index < -0.39 is 29.0 Å². The minimum absolute atomic E-state index is 0.127. The molecule has 0 radical (unpaired) electrons. The Morgan fingerprint density at radius 1 is 1.15 bits per heavy atom. The molecule has 13 nitrogen and oxygen atoms in total. The van der Waals surface area contributed by atoms with Crippen LogP contribution >= 0.6 is 11.6 Å². The SMILES string of the molecule is COc1cc(N(C(=O)OC(C)Cl)c2ncc(F)c(Nc3ccc4c(n3)NC(=O)C(C)(C)O4)n2)cc(OC)c1OC. The normalized spacial score (nSPS) is 14.2. The van der Waals surface area contributed by atoms with Crippen LogP contribution < -0.4 is 34.5 Å². The highest BCUT2D eigenvalue weighted by molar-refractivity contribution is 6.20. The largest absolute Gasteiger partial charge is 0.493 e. The lowest BCUT2D eigenvalue weighted by Crippen LogP contribution is -2.46. The van der Waals surface area contributed by atoms with E-state index in [0.717, 1.165) is 11.1 Å². The van der Waals surface area contributed by atoms with E-state index in [1.54, 1.807) is 19.9 Å². The van der Waals surface area contributed by atoms with E-state index in [4.69, 9.17) is 35.3 Å². The summed E-state index contributed by atoms with van der Waals surface area (Å²) in [5.41, 5.74) is -1.95. The highest BCUT2D eigenvalue weighted by Crippen LogP contribution is 2.42. The number of benzene rings is 1. The van der Waals surface area contributed by atoms with Crippen LogP contribution in [0.1, 0.15) is 20.8 Å². The molecular formula is C25H26ClFN6O7. The van der Waals surface area contributed by atoms with Crippen LogP contribution in [0.15, 0.2) is 30.5 Å². The Kier molecular flexibility index (Phi) is 8.00. The van der Waals surface area contributed by atoms with Crippen molar-refractivity contribution >= 4 is 52.7 Å². The molecule has 3 heterocycles. The second kappa shape index (κ2) is 11.3. The zero-order chi connectivity index (χ0) is 29.2. The topological polar surface area (TPSA) is 146 Å². The summed E-state index contributed by atoms with van der Waals surface area (Å²) in [5, 5.41) is 5.38. The standard InChI is InChI=1S/C25H26ClFN6O7/c1-12(26)39-24(35)33(13-9-16(36-4)19(38-6)17(10-13)37-5)23-28-11-14(27)20(32-23)29-18-8-7-15-21(30-18)31-22(34)25(2,3)40-15/h7-12H,1-6H3,(H2,28,29,30,31,32,34). The number of carbonyl (C=O) groups excluding carboxylic acids is 2. The van der Waals surface area contributed by atoms with Crippen molar-refractivity contribution in [3.8, 4) is 23.0 Å². The Morgan fingerprint density at radius 3 is 2.42 bits per heavy atom. The van der Waals surface area contributed by atoms with Gasteiger partial charge < -0.3 is 34.3 Å². The van der Waals surface area contributed by atoms with Crippen molar-refractivity contribution in [1.29, 1.82) is 0 Å². The summed E-state index contributed by atoms with van der Waals surface area (Å²) in [6.07, 6.45) is -0.109. The predicted molar refractivity (Wildman–Crippen MR) is 143 cm³/mol. The lowest BCUT2D eigenvalue weighted by Gasteiger charge is -2.30. The smallest absolute Gasteiger partial charge is 0.422 e. The van der Waals surface area contributed by atoms with Crippen molar-refractivity contribution in [2.24, 2.45) is 0 Å². The van der Waals surface area contributed by atoms with Crippen molar-refractivity contribution in [2.45, 2.75) is 31.9 Å². The number of nitrogens with zero attached hydrogens (tertiary/aromatic N) is 4. The number of anilines is 5. The maximum absolute atomic E-state index is 14.8. The van der Waals surface area contributed by atoms with E-state index in [9.17, 15) is 14.0 Å². The Morgan fingerprint density at radius 2 is 1.82 bits per heavy atom. The third-order valence-corrected chi connectivity index (χ3v) is 5.62. The molecule has 1 aliphatic heterocycles. The van der Waals surface area contributed by atoms with Gasteiger partial charge in [0, 0.05) is 12.1 Å². The number of nitrogens with one attached hydrogen (secondary N) is 2. The number of fused-ring (bicyclic) bond motifs is 1. The second-order valence-corrected chi connectivity index (χ2v) is 9.36. The van der Waals surface area contributed by atoms with Gasteiger partial charge in [-0.2, -0.15) is 4.98 Å². The van der Waals surface area contributed by atoms with Crippen LogP contribution in [0.5, 0.6) is 23.0 Å². The fourth-order valence-electron chi connectivity index (χ4n) is 3.63. The summed E-state index contributed by atoms with van der Waals surface area (Å²) in [7, 11) is 4.23. The van der Waals surface area contributed by atoms with Gasteiger partial charge in [0.2, 0.25) is 11.7 Å². The maximum atomic E-state index is 14.8. The first-order valence-electron chi connectivity index (χ1n) is 11.7. The van der Waals surface area contributed by atoms with Crippen molar-refractivity contribution in [3.05, 3.63) is 36.3 Å². The van der Waals surface area contributed by atoms with Gasteiger partial charge in [-0.15, -0.1) is 0 Å². The number of aromatic nitrogens is 3. The van der Waals surface area contributed by atoms with Crippen LogP contribution in [0.4, 0.5) is 38.3 Å². The molecule has 3 aromatic rings. The van der Waals surface area contributed by atoms with Crippen LogP contribution in [0.3, 0.4) is 0 Å². The minimum Gasteiger partial charge on any atom is -0.493 e. The molecule has 2 amide bonds. The summed E-state index contributed by atoms with van der Waals surface area (Å²) in [5.74, 6) is -0.536. The number of hydrogen-bond acceptors (Lipinski definition) is 11. The van der Waals surface area contributed by atoms with Crippen LogP contribution in [0, 0.1) is 5.82 Å². The summed E-state index contributed by atoms with van der Waals surface area (Å²) < 4.78 is 41.8. The number of ether oxygens (including phenoxy) is 5. The van der Waals surface area contributed by atoms with Gasteiger partial charge in [-0.25, -0.2) is 24.1 Å². The number of amides is 2. The molecule has 1 atom stereocenters. The van der Waals surface area contributed by atoms with Gasteiger partial charge in [0.1, 0.15) is 5.82 Å². The molecule has 2 aromatic heterocycles. The molecule has 4 rings (SSSR count). The van der Waals surface area contributed by atoms with Crippen LogP contribution in [0.25, 0.3) is 0 Å². The Bertz CT molecular complexity index is 1430. The first-order valence-corrected chi connectivity index (χ1v) is 12.2. The Hall–Kier alpha value is -4.59. The van der Waals surface area contributed by atoms with E-state index in [1.807, 2.05) is 0 Å². The van der Waals surface area contributed by atoms with Gasteiger partial charge >= 0.3 is 6.09 Å². The highest BCUT2D eigenvalue weighted by atomic mass is 35.5. The van der Waals surface area contributed by atoms with Crippen molar-refractivity contribution in [3.63, 3.8) is 0 Å². The average molecular weight is 577 g/mol. The van der Waals surface area contributed by atoms with Crippen molar-refractivity contribution in [2.75, 3.05) is 36.9 Å². The number of carbonyl (C=O) groups is 2. The molecule has 40 heavy (non-hydrogen) atoms.